The Labute approximate surface area is 115 Å². The molecule has 1 aromatic carbocycles. The van der Waals surface area contributed by atoms with Crippen LogP contribution in [0.5, 0.6) is 5.75 Å². The minimum Gasteiger partial charge on any atom is -0.497 e. The van der Waals surface area contributed by atoms with Crippen molar-refractivity contribution in [1.29, 1.82) is 0 Å². The Morgan fingerprint density at radius 3 is 2.68 bits per heavy atom. The van der Waals surface area contributed by atoms with Gasteiger partial charge in [0.05, 0.1) is 7.11 Å². The molecule has 3 nitrogen and oxygen atoms in total. The van der Waals surface area contributed by atoms with Crippen LogP contribution in [0.25, 0.3) is 0 Å². The van der Waals surface area contributed by atoms with E-state index >= 15 is 0 Å². The van der Waals surface area contributed by atoms with Crippen LogP contribution in [0.3, 0.4) is 0 Å². The van der Waals surface area contributed by atoms with E-state index in [4.69, 9.17) is 9.47 Å². The number of ether oxygens (including phenoxy) is 2. The molecule has 1 rings (SSSR count). The highest BCUT2D eigenvalue weighted by Gasteiger charge is 2.15. The lowest BCUT2D eigenvalue weighted by Gasteiger charge is -2.20. The first-order valence-corrected chi connectivity index (χ1v) is 6.87. The number of benzene rings is 1. The standard InChI is InChI=1S/C15H24FNO2/c1-4-9-17-15(8-10-19-5-2)13-7-6-12(18-3)11-14(13)16/h6-7,11,15,17H,4-5,8-10H2,1-3H3. The molecule has 0 aliphatic rings. The van der Waals surface area contributed by atoms with Crippen molar-refractivity contribution in [2.75, 3.05) is 26.9 Å². The maximum absolute atomic E-state index is 14.1. The van der Waals surface area contributed by atoms with E-state index < -0.39 is 0 Å². The molecule has 0 fully saturated rings. The molecule has 1 atom stereocenters. The highest BCUT2D eigenvalue weighted by Crippen LogP contribution is 2.24. The summed E-state index contributed by atoms with van der Waals surface area (Å²) in [6, 6.07) is 4.99. The third kappa shape index (κ3) is 5.17. The number of nitrogens with one attached hydrogen (secondary N) is 1. The van der Waals surface area contributed by atoms with Crippen LogP contribution in [-0.4, -0.2) is 26.9 Å². The van der Waals surface area contributed by atoms with E-state index in [1.165, 1.54) is 13.2 Å². The Bertz CT molecular complexity index is 371. The normalized spacial score (nSPS) is 12.4. The van der Waals surface area contributed by atoms with E-state index in [-0.39, 0.29) is 11.9 Å². The minimum atomic E-state index is -0.232. The Morgan fingerprint density at radius 2 is 2.11 bits per heavy atom. The van der Waals surface area contributed by atoms with E-state index in [0.717, 1.165) is 19.4 Å². The van der Waals surface area contributed by atoms with Crippen molar-refractivity contribution in [3.8, 4) is 5.75 Å². The highest BCUT2D eigenvalue weighted by molar-refractivity contribution is 5.30. The summed E-state index contributed by atoms with van der Waals surface area (Å²) in [4.78, 5) is 0. The summed E-state index contributed by atoms with van der Waals surface area (Å²) >= 11 is 0. The van der Waals surface area contributed by atoms with E-state index in [9.17, 15) is 4.39 Å². The molecule has 0 aliphatic heterocycles. The molecule has 0 saturated carbocycles. The number of halogens is 1. The zero-order chi connectivity index (χ0) is 14.1. The maximum Gasteiger partial charge on any atom is 0.131 e. The Balaban J connectivity index is 2.77. The minimum absolute atomic E-state index is 0.0163. The molecule has 1 unspecified atom stereocenters. The third-order valence-electron chi connectivity index (χ3n) is 2.98. The monoisotopic (exact) mass is 269 g/mol. The van der Waals surface area contributed by atoms with E-state index in [1.807, 2.05) is 6.92 Å². The van der Waals surface area contributed by atoms with Crippen molar-refractivity contribution >= 4 is 0 Å². The summed E-state index contributed by atoms with van der Waals surface area (Å²) in [5, 5.41) is 3.36. The zero-order valence-electron chi connectivity index (χ0n) is 12.0. The first-order valence-electron chi connectivity index (χ1n) is 6.87. The van der Waals surface area contributed by atoms with Gasteiger partial charge in [0, 0.05) is 30.9 Å². The van der Waals surface area contributed by atoms with Crippen LogP contribution in [-0.2, 0) is 4.74 Å². The van der Waals surface area contributed by atoms with Gasteiger partial charge in [0.2, 0.25) is 0 Å². The zero-order valence-corrected chi connectivity index (χ0v) is 12.0. The van der Waals surface area contributed by atoms with Gasteiger partial charge in [-0.1, -0.05) is 13.0 Å². The van der Waals surface area contributed by atoms with Gasteiger partial charge in [-0.2, -0.15) is 0 Å². The fourth-order valence-electron chi connectivity index (χ4n) is 1.95. The van der Waals surface area contributed by atoms with Crippen molar-refractivity contribution in [2.24, 2.45) is 0 Å². The molecule has 0 radical (unpaired) electrons. The van der Waals surface area contributed by atoms with Crippen molar-refractivity contribution in [3.05, 3.63) is 29.6 Å². The van der Waals surface area contributed by atoms with Crippen LogP contribution in [0.15, 0.2) is 18.2 Å². The second kappa shape index (κ2) is 8.88. The summed E-state index contributed by atoms with van der Waals surface area (Å²) in [7, 11) is 1.54. The van der Waals surface area contributed by atoms with E-state index in [2.05, 4.69) is 12.2 Å². The molecule has 0 aliphatic carbocycles. The topological polar surface area (TPSA) is 30.5 Å². The smallest absolute Gasteiger partial charge is 0.131 e. The third-order valence-corrected chi connectivity index (χ3v) is 2.98. The quantitative estimate of drug-likeness (QED) is 0.698. The average Bonchev–Trinajstić information content (AvgIpc) is 2.43. The lowest BCUT2D eigenvalue weighted by molar-refractivity contribution is 0.136. The maximum atomic E-state index is 14.1. The SMILES string of the molecule is CCCNC(CCOCC)c1ccc(OC)cc1F. The van der Waals surface area contributed by atoms with Gasteiger partial charge in [-0.3, -0.25) is 0 Å². The van der Waals surface area contributed by atoms with Crippen molar-refractivity contribution < 1.29 is 13.9 Å². The number of hydrogen-bond donors (Lipinski definition) is 1. The summed E-state index contributed by atoms with van der Waals surface area (Å²) in [5.74, 6) is 0.310. The van der Waals surface area contributed by atoms with Gasteiger partial charge in [-0.15, -0.1) is 0 Å². The van der Waals surface area contributed by atoms with Gasteiger partial charge in [-0.25, -0.2) is 4.39 Å². The van der Waals surface area contributed by atoms with Crippen LogP contribution in [0.2, 0.25) is 0 Å². The predicted octanol–water partition coefficient (Wildman–Crippen LogP) is 3.30. The van der Waals surface area contributed by atoms with Crippen LogP contribution >= 0.6 is 0 Å². The number of methoxy groups -OCH3 is 1. The summed E-state index contributed by atoms with van der Waals surface area (Å²) in [5.41, 5.74) is 0.675. The van der Waals surface area contributed by atoms with Gasteiger partial charge >= 0.3 is 0 Å². The van der Waals surface area contributed by atoms with Crippen LogP contribution in [0.4, 0.5) is 4.39 Å². The molecule has 1 N–H and O–H groups in total. The molecule has 19 heavy (non-hydrogen) atoms. The first-order chi connectivity index (χ1) is 9.22. The molecule has 0 amide bonds. The number of hydrogen-bond acceptors (Lipinski definition) is 3. The molecule has 1 aromatic rings. The van der Waals surface area contributed by atoms with Gasteiger partial charge < -0.3 is 14.8 Å². The summed E-state index contributed by atoms with van der Waals surface area (Å²) in [6.07, 6.45) is 1.78. The Hall–Kier alpha value is -1.13. The highest BCUT2D eigenvalue weighted by atomic mass is 19.1. The lowest BCUT2D eigenvalue weighted by Crippen LogP contribution is -2.24. The van der Waals surface area contributed by atoms with Crippen molar-refractivity contribution in [2.45, 2.75) is 32.7 Å². The van der Waals surface area contributed by atoms with Crippen LogP contribution in [0.1, 0.15) is 38.3 Å². The van der Waals surface area contributed by atoms with Gasteiger partial charge in [-0.05, 0) is 32.4 Å². The molecular weight excluding hydrogens is 245 g/mol. The second-order valence-corrected chi connectivity index (χ2v) is 4.38. The van der Waals surface area contributed by atoms with Gasteiger partial charge in [0.25, 0.3) is 0 Å². The van der Waals surface area contributed by atoms with Crippen molar-refractivity contribution in [1.82, 2.24) is 5.32 Å². The molecule has 0 aromatic heterocycles. The average molecular weight is 269 g/mol. The van der Waals surface area contributed by atoms with Crippen molar-refractivity contribution in [3.63, 3.8) is 0 Å². The van der Waals surface area contributed by atoms with Crippen LogP contribution in [0, 0.1) is 5.82 Å². The summed E-state index contributed by atoms with van der Waals surface area (Å²) < 4.78 is 24.5. The Morgan fingerprint density at radius 1 is 1.32 bits per heavy atom. The molecule has 0 saturated heterocycles. The molecular formula is C15H24FNO2. The molecule has 108 valence electrons. The fraction of sp³-hybridized carbons (Fsp3) is 0.600. The Kier molecular flexibility index (Phi) is 7.45. The molecule has 4 heteroatoms. The number of rotatable bonds is 9. The lowest BCUT2D eigenvalue weighted by atomic mass is 10.0. The van der Waals surface area contributed by atoms with Gasteiger partial charge in [0.15, 0.2) is 0 Å². The van der Waals surface area contributed by atoms with Crippen LogP contribution < -0.4 is 10.1 Å². The second-order valence-electron chi connectivity index (χ2n) is 4.38. The molecule has 0 spiro atoms. The summed E-state index contributed by atoms with van der Waals surface area (Å²) in [6.45, 7) is 6.23. The van der Waals surface area contributed by atoms with E-state index in [0.29, 0.717) is 24.5 Å². The van der Waals surface area contributed by atoms with E-state index in [1.54, 1.807) is 12.1 Å². The fourth-order valence-corrected chi connectivity index (χ4v) is 1.95. The molecule has 0 bridgehead atoms. The predicted molar refractivity (Wildman–Crippen MR) is 75.1 cm³/mol. The largest absolute Gasteiger partial charge is 0.497 e. The molecule has 0 heterocycles. The van der Waals surface area contributed by atoms with Gasteiger partial charge in [0.1, 0.15) is 11.6 Å². The first kappa shape index (κ1) is 15.9.